The topological polar surface area (TPSA) is 60.9 Å². The highest BCUT2D eigenvalue weighted by molar-refractivity contribution is 5.81. The van der Waals surface area contributed by atoms with Gasteiger partial charge in [0.2, 0.25) is 5.91 Å². The van der Waals surface area contributed by atoms with Crippen molar-refractivity contribution >= 4 is 11.9 Å². The molecule has 0 bridgehead atoms. The smallest absolute Gasteiger partial charge is 0.323 e. The summed E-state index contributed by atoms with van der Waals surface area (Å²) in [6, 6.07) is 0. The van der Waals surface area contributed by atoms with E-state index in [9.17, 15) is 9.59 Å². The Morgan fingerprint density at radius 2 is 1.58 bits per heavy atom. The Balaban J connectivity index is 2.55. The third kappa shape index (κ3) is 4.49. The summed E-state index contributed by atoms with van der Waals surface area (Å²) in [5.74, 6) is -0.866. The van der Waals surface area contributed by atoms with Crippen molar-refractivity contribution in [2.24, 2.45) is 0 Å². The third-order valence-electron chi connectivity index (χ3n) is 4.06. The fourth-order valence-corrected chi connectivity index (χ4v) is 2.16. The number of carbonyl (C=O) groups excluding carboxylic acids is 1. The van der Waals surface area contributed by atoms with Crippen molar-refractivity contribution in [3.8, 4) is 0 Å². The van der Waals surface area contributed by atoms with Crippen LogP contribution in [0.5, 0.6) is 0 Å². The van der Waals surface area contributed by atoms with Crippen molar-refractivity contribution in [2.45, 2.75) is 51.5 Å². The Labute approximate surface area is 115 Å². The molecule has 0 aliphatic carbocycles. The Kier molecular flexibility index (Phi) is 5.79. The number of hydrogen-bond donors (Lipinski definition) is 1. The van der Waals surface area contributed by atoms with Gasteiger partial charge < -0.3 is 10.0 Å². The monoisotopic (exact) mass is 270 g/mol. The maximum absolute atomic E-state index is 12.2. The summed E-state index contributed by atoms with van der Waals surface area (Å²) in [7, 11) is 1.69. The number of carbonyl (C=O) groups is 2. The molecule has 0 aromatic carbocycles. The largest absolute Gasteiger partial charge is 0.480 e. The molecule has 0 saturated carbocycles. The normalized spacial score (nSPS) is 18.0. The molecule has 0 aromatic heterocycles. The maximum atomic E-state index is 12.2. The molecular formula is C14H26N2O3. The van der Waals surface area contributed by atoms with Gasteiger partial charge in [0.15, 0.2) is 0 Å². The number of rotatable bonds is 4. The van der Waals surface area contributed by atoms with E-state index in [1.54, 1.807) is 25.8 Å². The third-order valence-corrected chi connectivity index (χ3v) is 4.06. The molecule has 0 atom stereocenters. The molecule has 1 N–H and O–H groups in total. The first-order valence-electron chi connectivity index (χ1n) is 7.08. The van der Waals surface area contributed by atoms with Gasteiger partial charge >= 0.3 is 5.97 Å². The molecule has 0 unspecified atom stereocenters. The Bertz CT molecular complexity index is 321. The Morgan fingerprint density at radius 1 is 1.11 bits per heavy atom. The van der Waals surface area contributed by atoms with Gasteiger partial charge in [0.25, 0.3) is 0 Å². The van der Waals surface area contributed by atoms with E-state index < -0.39 is 11.5 Å². The number of aliphatic carboxylic acids is 1. The van der Waals surface area contributed by atoms with E-state index in [4.69, 9.17) is 5.11 Å². The van der Waals surface area contributed by atoms with Gasteiger partial charge in [-0.1, -0.05) is 19.3 Å². The molecule has 1 fully saturated rings. The van der Waals surface area contributed by atoms with Gasteiger partial charge in [-0.2, -0.15) is 0 Å². The van der Waals surface area contributed by atoms with Crippen LogP contribution in [0.15, 0.2) is 0 Å². The van der Waals surface area contributed by atoms with Crippen LogP contribution in [-0.4, -0.2) is 59.0 Å². The van der Waals surface area contributed by atoms with Crippen molar-refractivity contribution in [3.63, 3.8) is 0 Å². The van der Waals surface area contributed by atoms with E-state index >= 15 is 0 Å². The first-order valence-corrected chi connectivity index (χ1v) is 7.08. The molecule has 0 spiro atoms. The fourth-order valence-electron chi connectivity index (χ4n) is 2.16. The van der Waals surface area contributed by atoms with Gasteiger partial charge in [-0.05, 0) is 33.7 Å². The molecule has 0 aromatic rings. The zero-order valence-corrected chi connectivity index (χ0v) is 12.3. The lowest BCUT2D eigenvalue weighted by atomic mass is 10.0. The standard InChI is InChI=1S/C14H26N2O3/c1-14(2,13(18)19)15(3)11-12(17)16-9-7-5-4-6-8-10-16/h4-11H2,1-3H3,(H,18,19). The van der Waals surface area contributed by atoms with Gasteiger partial charge in [-0.25, -0.2) is 0 Å². The van der Waals surface area contributed by atoms with Crippen LogP contribution in [0, 0.1) is 0 Å². The molecule has 5 heteroatoms. The summed E-state index contributed by atoms with van der Waals surface area (Å²) in [6.07, 6.45) is 5.73. The van der Waals surface area contributed by atoms with Crippen LogP contribution in [0.1, 0.15) is 46.0 Å². The first-order chi connectivity index (χ1) is 8.85. The molecule has 1 amide bonds. The maximum Gasteiger partial charge on any atom is 0.323 e. The van der Waals surface area contributed by atoms with Crippen LogP contribution in [0.3, 0.4) is 0 Å². The van der Waals surface area contributed by atoms with Gasteiger partial charge in [0, 0.05) is 13.1 Å². The Morgan fingerprint density at radius 3 is 2.05 bits per heavy atom. The molecule has 19 heavy (non-hydrogen) atoms. The van der Waals surface area contributed by atoms with Crippen LogP contribution in [0.25, 0.3) is 0 Å². The van der Waals surface area contributed by atoms with Crippen LogP contribution < -0.4 is 0 Å². The molecule has 1 aliphatic rings. The fraction of sp³-hybridized carbons (Fsp3) is 0.857. The van der Waals surface area contributed by atoms with Crippen LogP contribution in [-0.2, 0) is 9.59 Å². The lowest BCUT2D eigenvalue weighted by Gasteiger charge is -2.33. The number of carboxylic acid groups (broad SMARTS) is 1. The molecular weight excluding hydrogens is 244 g/mol. The number of likely N-dealkylation sites (tertiary alicyclic amines) is 1. The molecule has 1 aliphatic heterocycles. The lowest BCUT2D eigenvalue weighted by molar-refractivity contribution is -0.150. The highest BCUT2D eigenvalue weighted by Crippen LogP contribution is 2.14. The van der Waals surface area contributed by atoms with E-state index in [1.807, 2.05) is 4.90 Å². The highest BCUT2D eigenvalue weighted by atomic mass is 16.4. The molecule has 0 radical (unpaired) electrons. The lowest BCUT2D eigenvalue weighted by Crippen LogP contribution is -2.52. The zero-order valence-electron chi connectivity index (χ0n) is 12.3. The highest BCUT2D eigenvalue weighted by Gasteiger charge is 2.33. The Hall–Kier alpha value is -1.10. The molecule has 1 rings (SSSR count). The second kappa shape index (κ2) is 6.89. The minimum atomic E-state index is -1.02. The predicted octanol–water partition coefficient (Wildman–Crippen LogP) is 1.57. The van der Waals surface area contributed by atoms with Crippen LogP contribution in [0.2, 0.25) is 0 Å². The van der Waals surface area contributed by atoms with E-state index in [2.05, 4.69) is 0 Å². The van der Waals surface area contributed by atoms with E-state index in [1.165, 1.54) is 19.3 Å². The second-order valence-electron chi connectivity index (χ2n) is 5.87. The van der Waals surface area contributed by atoms with Crippen molar-refractivity contribution in [1.29, 1.82) is 0 Å². The van der Waals surface area contributed by atoms with Crippen molar-refractivity contribution in [1.82, 2.24) is 9.80 Å². The minimum Gasteiger partial charge on any atom is -0.480 e. The number of hydrogen-bond acceptors (Lipinski definition) is 3. The van der Waals surface area contributed by atoms with Crippen LogP contribution in [0.4, 0.5) is 0 Å². The summed E-state index contributed by atoms with van der Waals surface area (Å²) in [6.45, 7) is 5.02. The van der Waals surface area contributed by atoms with Crippen molar-refractivity contribution in [3.05, 3.63) is 0 Å². The number of carboxylic acids is 1. The summed E-state index contributed by atoms with van der Waals surface area (Å²) in [5, 5.41) is 9.15. The van der Waals surface area contributed by atoms with Gasteiger partial charge in [0.1, 0.15) is 5.54 Å². The first kappa shape index (κ1) is 16.0. The molecule has 1 saturated heterocycles. The summed E-state index contributed by atoms with van der Waals surface area (Å²) in [4.78, 5) is 26.9. The molecule has 110 valence electrons. The quantitative estimate of drug-likeness (QED) is 0.842. The number of nitrogens with zero attached hydrogens (tertiary/aromatic N) is 2. The van der Waals surface area contributed by atoms with Gasteiger partial charge in [-0.3, -0.25) is 14.5 Å². The number of likely N-dealkylation sites (N-methyl/N-ethyl adjacent to an activating group) is 1. The van der Waals surface area contributed by atoms with Crippen LogP contribution >= 0.6 is 0 Å². The van der Waals surface area contributed by atoms with E-state index in [0.29, 0.717) is 0 Å². The summed E-state index contributed by atoms with van der Waals surface area (Å²) in [5.41, 5.74) is -1.02. The summed E-state index contributed by atoms with van der Waals surface area (Å²) >= 11 is 0. The predicted molar refractivity (Wildman–Crippen MR) is 74.0 cm³/mol. The number of amides is 1. The minimum absolute atomic E-state index is 0.0405. The second-order valence-corrected chi connectivity index (χ2v) is 5.87. The molecule has 1 heterocycles. The van der Waals surface area contributed by atoms with Crippen molar-refractivity contribution < 1.29 is 14.7 Å². The van der Waals surface area contributed by atoms with Gasteiger partial charge in [0.05, 0.1) is 6.54 Å². The van der Waals surface area contributed by atoms with E-state index in [0.717, 1.165) is 25.9 Å². The van der Waals surface area contributed by atoms with Crippen molar-refractivity contribution in [2.75, 3.05) is 26.7 Å². The zero-order chi connectivity index (χ0) is 14.5. The molecule has 5 nitrogen and oxygen atoms in total. The van der Waals surface area contributed by atoms with Gasteiger partial charge in [-0.15, -0.1) is 0 Å². The van der Waals surface area contributed by atoms with E-state index in [-0.39, 0.29) is 12.5 Å². The summed E-state index contributed by atoms with van der Waals surface area (Å²) < 4.78 is 0. The average Bonchev–Trinajstić information content (AvgIpc) is 2.27. The average molecular weight is 270 g/mol. The SMILES string of the molecule is CN(CC(=O)N1CCCCCCC1)C(C)(C)C(=O)O.